The summed E-state index contributed by atoms with van der Waals surface area (Å²) in [6, 6.07) is 3.69. The molecule has 0 unspecified atom stereocenters. The summed E-state index contributed by atoms with van der Waals surface area (Å²) in [6.45, 7) is 5.48. The second-order valence-corrected chi connectivity index (χ2v) is 15.7. The van der Waals surface area contributed by atoms with Gasteiger partial charge in [0.1, 0.15) is 12.5 Å². The summed E-state index contributed by atoms with van der Waals surface area (Å²) in [7, 11) is 20.3. The molecular weight excluding hydrogens is 1120 g/mol. The Hall–Kier alpha value is -8.43. The number of methoxy groups -OCH3 is 6. The number of aromatic nitrogens is 6. The van der Waals surface area contributed by atoms with Crippen molar-refractivity contribution in [2.75, 3.05) is 119 Å². The number of guanidine groups is 1. The fraction of sp³-hybridized carbons (Fsp3) is 0.545. The Morgan fingerprint density at radius 3 is 1.48 bits per heavy atom. The average Bonchev–Trinajstić information content (AvgIpc) is 3.84. The number of aliphatic imine (C=N–C) groups is 2. The molecular formula is C44H84N18O15S3. The summed E-state index contributed by atoms with van der Waals surface area (Å²) in [5.74, 6) is 3.49. The van der Waals surface area contributed by atoms with Crippen LogP contribution in [0.15, 0.2) is 63.1 Å². The predicted molar refractivity (Wildman–Crippen MR) is 305 cm³/mol. The molecule has 458 valence electrons. The van der Waals surface area contributed by atoms with Crippen LogP contribution in [0.3, 0.4) is 0 Å². The smallest absolute Gasteiger partial charge is 0.406 e. The first-order valence-electron chi connectivity index (χ1n) is 22.6. The monoisotopic (exact) mass is 1200 g/mol. The van der Waals surface area contributed by atoms with Gasteiger partial charge < -0.3 is 75.3 Å². The van der Waals surface area contributed by atoms with E-state index in [1.54, 1.807) is 101 Å². The Labute approximate surface area is 477 Å². The van der Waals surface area contributed by atoms with Crippen molar-refractivity contribution in [1.29, 1.82) is 5.26 Å². The van der Waals surface area contributed by atoms with Crippen LogP contribution in [-0.4, -0.2) is 198 Å². The van der Waals surface area contributed by atoms with Gasteiger partial charge in [0, 0.05) is 106 Å². The number of hydrogen-bond acceptors (Lipinski definition) is 26. The van der Waals surface area contributed by atoms with E-state index in [0.717, 1.165) is 30.8 Å². The lowest BCUT2D eigenvalue weighted by Crippen LogP contribution is -2.27. The highest BCUT2D eigenvalue weighted by molar-refractivity contribution is 7.88. The topological polar surface area (TPSA) is 445 Å². The van der Waals surface area contributed by atoms with Crippen molar-refractivity contribution in [3.63, 3.8) is 0 Å². The number of amidine groups is 1. The molecule has 5 amide bonds. The number of rotatable bonds is 8. The molecule has 0 atom stereocenters. The summed E-state index contributed by atoms with van der Waals surface area (Å²) in [4.78, 5) is 64.9. The number of carbonyl (C=O) groups is 5. The number of amides is 5. The van der Waals surface area contributed by atoms with Crippen molar-refractivity contribution in [1.82, 2.24) is 70.2 Å². The molecule has 0 saturated heterocycles. The lowest BCUT2D eigenvalue weighted by Gasteiger charge is -1.95. The van der Waals surface area contributed by atoms with Crippen LogP contribution < -0.4 is 66.6 Å². The van der Waals surface area contributed by atoms with Crippen molar-refractivity contribution in [2.45, 2.75) is 40.0 Å². The van der Waals surface area contributed by atoms with Gasteiger partial charge in [-0.1, -0.05) is 6.92 Å². The number of carbonyl (C=O) groups excluding carboxylic acids is 5. The molecule has 33 nitrogen and oxygen atoms in total. The third-order valence-electron chi connectivity index (χ3n) is 6.99. The highest BCUT2D eigenvalue weighted by atomic mass is 32.2. The molecule has 5 rings (SSSR count). The Bertz CT molecular complexity index is 2120. The van der Waals surface area contributed by atoms with Crippen LogP contribution in [0.4, 0.5) is 9.59 Å². The summed E-state index contributed by atoms with van der Waals surface area (Å²) >= 11 is 2.53. The minimum atomic E-state index is -2.91. The number of nitrogens with zero attached hydrogens (tertiary/aromatic N) is 9. The zero-order valence-electron chi connectivity index (χ0n) is 49.0. The zero-order chi connectivity index (χ0) is 63.0. The van der Waals surface area contributed by atoms with Crippen molar-refractivity contribution < 1.29 is 70.1 Å². The number of ether oxygens (including phenoxy) is 7. The van der Waals surface area contributed by atoms with Crippen LogP contribution in [0.25, 0.3) is 0 Å². The molecule has 1 fully saturated rings. The van der Waals surface area contributed by atoms with E-state index in [-0.39, 0.29) is 29.8 Å². The van der Waals surface area contributed by atoms with E-state index >= 15 is 0 Å². The number of sulfonamides is 1. The Morgan fingerprint density at radius 2 is 1.32 bits per heavy atom. The molecule has 0 spiro atoms. The summed E-state index contributed by atoms with van der Waals surface area (Å²) in [5.41, 5.74) is 5.11. The summed E-state index contributed by atoms with van der Waals surface area (Å²) in [6.07, 6.45) is 12.5. The maximum atomic E-state index is 10.5. The van der Waals surface area contributed by atoms with Crippen molar-refractivity contribution in [2.24, 2.45) is 21.6 Å². The normalized spacial score (nSPS) is 9.72. The largest absolute Gasteiger partial charge is 0.480 e. The minimum Gasteiger partial charge on any atom is -0.480 e. The van der Waals surface area contributed by atoms with Gasteiger partial charge >= 0.3 is 12.2 Å². The van der Waals surface area contributed by atoms with Gasteiger partial charge in [-0.2, -0.15) is 14.0 Å². The fourth-order valence-corrected chi connectivity index (χ4v) is 3.50. The Morgan fingerprint density at radius 1 is 0.762 bits per heavy atom. The van der Waals surface area contributed by atoms with Gasteiger partial charge in [-0.15, -0.1) is 4.37 Å². The minimum absolute atomic E-state index is 0.00463. The number of nitrogens with two attached hydrogens (primary N) is 1. The van der Waals surface area contributed by atoms with Gasteiger partial charge in [0.25, 0.3) is 11.9 Å². The number of hydrogen-bond donors (Lipinski definition) is 9. The molecule has 4 aromatic heterocycles. The Balaban J connectivity index is -0.000000146. The first-order valence-corrected chi connectivity index (χ1v) is 26.1. The molecule has 0 aliphatic heterocycles. The molecule has 1 saturated carbocycles. The van der Waals surface area contributed by atoms with Crippen LogP contribution in [0, 0.1) is 17.4 Å². The fourth-order valence-electron chi connectivity index (χ4n) is 2.64. The summed E-state index contributed by atoms with van der Waals surface area (Å²) in [5, 5.41) is 30.2. The third-order valence-corrected chi connectivity index (χ3v) is 8.73. The molecule has 36 heteroatoms. The highest BCUT2D eigenvalue weighted by Gasteiger charge is 2.28. The zero-order valence-corrected chi connectivity index (χ0v) is 51.4. The van der Waals surface area contributed by atoms with Gasteiger partial charge in [0.15, 0.2) is 12.2 Å². The third kappa shape index (κ3) is 73.8. The van der Waals surface area contributed by atoms with Crippen molar-refractivity contribution in [3.05, 3.63) is 48.6 Å². The molecule has 1 aliphatic carbocycles. The van der Waals surface area contributed by atoms with E-state index in [1.807, 2.05) is 18.4 Å². The first-order chi connectivity index (χ1) is 38.0. The van der Waals surface area contributed by atoms with Gasteiger partial charge in [0.2, 0.25) is 45.4 Å². The molecule has 1 aliphatic rings. The van der Waals surface area contributed by atoms with E-state index in [1.165, 1.54) is 74.2 Å². The molecule has 4 heterocycles. The standard InChI is InChI=1S/C5H6N2O.C5H9NO.C4H7N3O.C4H5NO2.C4H9NO2.C4H5NOS.C4H9NO.C3H9N3.C3H4N2OS.C3H7NO2.C3H7NO.C2H7NO2S/c1-8-5-4-6-2-3-7-5;1-6-5(7)4-2-3-4;1-6-4(8-2)7-3-5;1-6-4-2-3-7-5-4;1-3-7-4(6)5-2;1-6-4-2-3-7-5-4;1-3-4(6)5-2;1-5-3(4)6-2;1-6-3-2-4-7-5-3;1-4-3(5)6-2;1-3(5)4-2;1-3-6(2,4)5/h2-4H,1H3;4H,2-3H2,1H3,(H,6,7);1-2H3,(H,6,7);2-3H,1H3;3H2,1-2H3,(H,5,6);2-3H,1H3;3H2,1-2H3,(H,5,6);1-2H3,(H3,4,5,6);2H,1H3;1-2H3,(H,4,5);1-2H3,(H,4,5);3H,1-2H3. The molecule has 4 aromatic rings. The van der Waals surface area contributed by atoms with E-state index in [4.69, 9.17) is 25.2 Å². The van der Waals surface area contributed by atoms with Gasteiger partial charge in [-0.3, -0.25) is 24.4 Å². The van der Waals surface area contributed by atoms with E-state index in [0.29, 0.717) is 48.4 Å². The quantitative estimate of drug-likeness (QED) is 0.0519. The van der Waals surface area contributed by atoms with Gasteiger partial charge in [-0.25, -0.2) is 38.0 Å². The van der Waals surface area contributed by atoms with Crippen LogP contribution >= 0.6 is 23.3 Å². The maximum absolute atomic E-state index is 10.5. The van der Waals surface area contributed by atoms with E-state index < -0.39 is 16.1 Å². The van der Waals surface area contributed by atoms with Crippen molar-refractivity contribution in [3.8, 4) is 29.7 Å². The Kier molecular flexibility index (Phi) is 69.3. The SMILES string of the molecule is CCC(=O)NC.CCOC(=O)NC.CN=C(N)NC.CN=C(NC#N)OC.CNC(=O)C1CC1.CNC(=O)OC.CNC(C)=O.CNS(C)(=O)=O.COc1ccon1.COc1ccsn1.COc1cnccn1.COc1cnsn1. The number of nitriles is 1. The van der Waals surface area contributed by atoms with E-state index in [2.05, 4.69) is 104 Å². The molecule has 10 N–H and O–H groups in total. The van der Waals surface area contributed by atoms with Crippen LogP contribution in [0.5, 0.6) is 23.5 Å². The molecule has 0 bridgehead atoms. The maximum Gasteiger partial charge on any atom is 0.406 e. The highest BCUT2D eigenvalue weighted by Crippen LogP contribution is 2.28. The number of alkyl carbamates (subject to hydrolysis) is 2. The molecule has 0 radical (unpaired) electrons. The molecule has 80 heavy (non-hydrogen) atoms. The van der Waals surface area contributed by atoms with E-state index in [9.17, 15) is 32.4 Å². The van der Waals surface area contributed by atoms with Crippen LogP contribution in [-0.2, 0) is 38.6 Å². The lowest BCUT2D eigenvalue weighted by atomic mass is 10.4. The first kappa shape index (κ1) is 85.5. The van der Waals surface area contributed by atoms with Crippen LogP contribution in [0.2, 0.25) is 0 Å². The summed E-state index contributed by atoms with van der Waals surface area (Å²) < 4.78 is 69.6. The van der Waals surface area contributed by atoms with Crippen molar-refractivity contribution >= 4 is 75.2 Å². The number of nitrogens with one attached hydrogen (secondary N) is 8. The predicted octanol–water partition coefficient (Wildman–Crippen LogP) is 1.24. The lowest BCUT2D eigenvalue weighted by molar-refractivity contribution is -0.122. The van der Waals surface area contributed by atoms with Gasteiger partial charge in [-0.05, 0) is 43.5 Å². The van der Waals surface area contributed by atoms with Gasteiger partial charge in [0.05, 0.1) is 73.4 Å². The molecule has 0 aromatic carbocycles. The second kappa shape index (κ2) is 64.9. The van der Waals surface area contributed by atoms with Crippen LogP contribution in [0.1, 0.15) is 40.0 Å². The average molecular weight is 1200 g/mol. The second-order valence-electron chi connectivity index (χ2n) is 12.5.